The van der Waals surface area contributed by atoms with Gasteiger partial charge in [-0.25, -0.2) is 4.39 Å². The SMILES string of the molecule is O=C1S/C(=C\c2cc(Br)ccc2OCc2ccc(Cl)cc2Cl)C(=O)N1CCOc1ccc(F)cc1. The highest BCUT2D eigenvalue weighted by atomic mass is 79.9. The van der Waals surface area contributed by atoms with Crippen molar-refractivity contribution in [2.45, 2.75) is 6.61 Å². The van der Waals surface area contributed by atoms with E-state index in [2.05, 4.69) is 15.9 Å². The molecule has 1 fully saturated rings. The van der Waals surface area contributed by atoms with Crippen molar-refractivity contribution in [2.75, 3.05) is 13.2 Å². The summed E-state index contributed by atoms with van der Waals surface area (Å²) in [6, 6.07) is 16.0. The predicted octanol–water partition coefficient (Wildman–Crippen LogP) is 7.59. The summed E-state index contributed by atoms with van der Waals surface area (Å²) in [6.07, 6.45) is 1.62. The van der Waals surface area contributed by atoms with Crippen LogP contribution in [0.25, 0.3) is 6.08 Å². The number of rotatable bonds is 8. The topological polar surface area (TPSA) is 55.8 Å². The molecular formula is C25H17BrCl2FNO4S. The molecule has 0 unspecified atom stereocenters. The van der Waals surface area contributed by atoms with Gasteiger partial charge < -0.3 is 9.47 Å². The molecule has 1 aliphatic rings. The maximum Gasteiger partial charge on any atom is 0.293 e. The number of carbonyl (C=O) groups is 2. The molecule has 1 heterocycles. The van der Waals surface area contributed by atoms with Gasteiger partial charge in [0, 0.05) is 25.6 Å². The Balaban J connectivity index is 1.45. The zero-order valence-electron chi connectivity index (χ0n) is 18.0. The summed E-state index contributed by atoms with van der Waals surface area (Å²) >= 11 is 16.5. The summed E-state index contributed by atoms with van der Waals surface area (Å²) < 4.78 is 25.3. The van der Waals surface area contributed by atoms with E-state index in [9.17, 15) is 14.0 Å². The number of carbonyl (C=O) groups excluding carboxylic acids is 2. The molecule has 0 spiro atoms. The van der Waals surface area contributed by atoms with Crippen LogP contribution in [0.5, 0.6) is 11.5 Å². The van der Waals surface area contributed by atoms with Crippen LogP contribution in [0, 0.1) is 5.82 Å². The van der Waals surface area contributed by atoms with Crippen LogP contribution < -0.4 is 9.47 Å². The van der Waals surface area contributed by atoms with Gasteiger partial charge in [-0.05, 0) is 72.4 Å². The molecule has 0 aromatic heterocycles. The van der Waals surface area contributed by atoms with Gasteiger partial charge in [-0.2, -0.15) is 0 Å². The second-order valence-corrected chi connectivity index (χ2v) is 10.1. The molecule has 35 heavy (non-hydrogen) atoms. The van der Waals surface area contributed by atoms with Crippen LogP contribution in [0.15, 0.2) is 70.0 Å². The van der Waals surface area contributed by atoms with E-state index >= 15 is 0 Å². The number of hydrogen-bond donors (Lipinski definition) is 0. The summed E-state index contributed by atoms with van der Waals surface area (Å²) in [5, 5.41) is 0.622. The molecule has 5 nitrogen and oxygen atoms in total. The van der Waals surface area contributed by atoms with Crippen molar-refractivity contribution >= 4 is 68.1 Å². The average molecular weight is 597 g/mol. The predicted molar refractivity (Wildman–Crippen MR) is 140 cm³/mol. The lowest BCUT2D eigenvalue weighted by Gasteiger charge is -2.13. The Bertz CT molecular complexity index is 1300. The van der Waals surface area contributed by atoms with Crippen LogP contribution in [-0.2, 0) is 11.4 Å². The molecule has 4 rings (SSSR count). The molecule has 10 heteroatoms. The first-order valence-electron chi connectivity index (χ1n) is 10.3. The molecule has 0 bridgehead atoms. The lowest BCUT2D eigenvalue weighted by Crippen LogP contribution is -2.32. The number of amides is 2. The van der Waals surface area contributed by atoms with E-state index in [1.54, 1.807) is 36.4 Å². The average Bonchev–Trinajstić information content (AvgIpc) is 3.08. The number of nitrogens with zero attached hydrogens (tertiary/aromatic N) is 1. The van der Waals surface area contributed by atoms with Crippen LogP contribution >= 0.6 is 50.9 Å². The van der Waals surface area contributed by atoms with E-state index < -0.39 is 11.1 Å². The van der Waals surface area contributed by atoms with Gasteiger partial charge in [0.25, 0.3) is 11.1 Å². The fourth-order valence-electron chi connectivity index (χ4n) is 3.18. The minimum atomic E-state index is -0.422. The van der Waals surface area contributed by atoms with Gasteiger partial charge >= 0.3 is 0 Å². The van der Waals surface area contributed by atoms with Gasteiger partial charge in [0.2, 0.25) is 0 Å². The second-order valence-electron chi connectivity index (χ2n) is 7.34. The number of hydrogen-bond acceptors (Lipinski definition) is 5. The fourth-order valence-corrected chi connectivity index (χ4v) is 4.88. The van der Waals surface area contributed by atoms with E-state index in [4.69, 9.17) is 32.7 Å². The van der Waals surface area contributed by atoms with E-state index in [-0.39, 0.29) is 30.5 Å². The van der Waals surface area contributed by atoms with Gasteiger partial charge in [0.1, 0.15) is 30.5 Å². The minimum Gasteiger partial charge on any atom is -0.492 e. The van der Waals surface area contributed by atoms with E-state index in [0.29, 0.717) is 27.1 Å². The molecule has 0 radical (unpaired) electrons. The van der Waals surface area contributed by atoms with E-state index in [1.807, 2.05) is 6.07 Å². The van der Waals surface area contributed by atoms with E-state index in [1.165, 1.54) is 24.3 Å². The smallest absolute Gasteiger partial charge is 0.293 e. The van der Waals surface area contributed by atoms with Gasteiger partial charge in [-0.1, -0.05) is 45.2 Å². The van der Waals surface area contributed by atoms with Crippen LogP contribution in [-0.4, -0.2) is 29.2 Å². The molecule has 0 atom stereocenters. The quantitative estimate of drug-likeness (QED) is 0.251. The molecule has 1 saturated heterocycles. The molecule has 3 aromatic rings. The molecule has 0 saturated carbocycles. The maximum absolute atomic E-state index is 13.0. The molecule has 3 aromatic carbocycles. The Morgan fingerprint density at radius 1 is 1.00 bits per heavy atom. The van der Waals surface area contributed by atoms with Crippen molar-refractivity contribution < 1.29 is 23.5 Å². The van der Waals surface area contributed by atoms with Crippen molar-refractivity contribution in [3.05, 3.63) is 97.0 Å². The van der Waals surface area contributed by atoms with Crippen LogP contribution in [0.1, 0.15) is 11.1 Å². The van der Waals surface area contributed by atoms with E-state index in [0.717, 1.165) is 26.7 Å². The Labute approximate surface area is 223 Å². The van der Waals surface area contributed by atoms with Crippen LogP contribution in [0.4, 0.5) is 9.18 Å². The lowest BCUT2D eigenvalue weighted by atomic mass is 10.1. The number of halogens is 4. The Morgan fingerprint density at radius 2 is 1.77 bits per heavy atom. The van der Waals surface area contributed by atoms with Crippen LogP contribution in [0.3, 0.4) is 0 Å². The van der Waals surface area contributed by atoms with Crippen molar-refractivity contribution in [3.63, 3.8) is 0 Å². The Hall–Kier alpha value is -2.52. The van der Waals surface area contributed by atoms with Crippen molar-refractivity contribution in [3.8, 4) is 11.5 Å². The first-order chi connectivity index (χ1) is 16.8. The zero-order valence-corrected chi connectivity index (χ0v) is 21.9. The monoisotopic (exact) mass is 595 g/mol. The summed E-state index contributed by atoms with van der Waals surface area (Å²) in [5.74, 6) is 0.172. The summed E-state index contributed by atoms with van der Waals surface area (Å²) in [5.41, 5.74) is 1.38. The van der Waals surface area contributed by atoms with Gasteiger partial charge in [-0.15, -0.1) is 0 Å². The van der Waals surface area contributed by atoms with Crippen molar-refractivity contribution in [2.24, 2.45) is 0 Å². The third-order valence-electron chi connectivity index (χ3n) is 4.93. The molecule has 1 aliphatic heterocycles. The van der Waals surface area contributed by atoms with Crippen molar-refractivity contribution in [1.82, 2.24) is 4.90 Å². The second kappa shape index (κ2) is 11.5. The molecule has 0 N–H and O–H groups in total. The molecule has 180 valence electrons. The van der Waals surface area contributed by atoms with Gasteiger partial charge in [0.05, 0.1) is 11.4 Å². The lowest BCUT2D eigenvalue weighted by molar-refractivity contribution is -0.123. The Morgan fingerprint density at radius 3 is 2.51 bits per heavy atom. The summed E-state index contributed by atoms with van der Waals surface area (Å²) in [7, 11) is 0. The van der Waals surface area contributed by atoms with Gasteiger partial charge in [0.15, 0.2) is 0 Å². The highest BCUT2D eigenvalue weighted by Gasteiger charge is 2.35. The summed E-state index contributed by atoms with van der Waals surface area (Å²) in [4.78, 5) is 26.7. The standard InChI is InChI=1S/C25H17BrCl2FNO4S/c26-17-2-8-22(34-14-15-1-3-18(27)13-21(15)28)16(11-17)12-23-24(31)30(25(32)35-23)9-10-33-20-6-4-19(29)5-7-20/h1-8,11-13H,9-10,14H2/b23-12-. The first kappa shape index (κ1) is 25.6. The number of thioether (sulfide) groups is 1. The zero-order chi connectivity index (χ0) is 24.9. The highest BCUT2D eigenvalue weighted by Crippen LogP contribution is 2.35. The molecular weight excluding hydrogens is 580 g/mol. The maximum atomic E-state index is 13.0. The van der Waals surface area contributed by atoms with Crippen molar-refractivity contribution in [1.29, 1.82) is 0 Å². The largest absolute Gasteiger partial charge is 0.492 e. The highest BCUT2D eigenvalue weighted by molar-refractivity contribution is 9.10. The molecule has 2 amide bonds. The number of benzene rings is 3. The fraction of sp³-hybridized carbons (Fsp3) is 0.120. The number of ether oxygens (including phenoxy) is 2. The minimum absolute atomic E-state index is 0.0658. The first-order valence-corrected chi connectivity index (χ1v) is 12.7. The third kappa shape index (κ3) is 6.58. The summed E-state index contributed by atoms with van der Waals surface area (Å²) in [6.45, 7) is 0.348. The normalized spacial score (nSPS) is 14.6. The van der Waals surface area contributed by atoms with Crippen LogP contribution in [0.2, 0.25) is 10.0 Å². The van der Waals surface area contributed by atoms with Gasteiger partial charge in [-0.3, -0.25) is 14.5 Å². The third-order valence-corrected chi connectivity index (χ3v) is 6.92. The number of imide groups is 1. The molecule has 0 aliphatic carbocycles. The Kier molecular flexibility index (Phi) is 8.38.